The van der Waals surface area contributed by atoms with Crippen LogP contribution in [-0.4, -0.2) is 77.0 Å². The van der Waals surface area contributed by atoms with E-state index in [4.69, 9.17) is 23.7 Å². The maximum atomic E-state index is 11.9. The van der Waals surface area contributed by atoms with Crippen molar-refractivity contribution in [2.75, 3.05) is 52.8 Å². The summed E-state index contributed by atoms with van der Waals surface area (Å²) in [6.45, 7) is 7.51. The summed E-state index contributed by atoms with van der Waals surface area (Å²) in [5.74, 6) is -0.0515. The predicted molar refractivity (Wildman–Crippen MR) is 88.0 cm³/mol. The Morgan fingerprint density at radius 1 is 1.00 bits per heavy atom. The Kier molecular flexibility index (Phi) is 9.60. The van der Waals surface area contributed by atoms with Crippen LogP contribution in [0.25, 0.3) is 0 Å². The maximum Gasteiger partial charge on any atom is 0.248 e. The Hall–Kier alpha value is -0.730. The smallest absolute Gasteiger partial charge is 0.248 e. The Morgan fingerprint density at radius 2 is 1.54 bits per heavy atom. The molecule has 0 spiro atoms. The molecular weight excluding hydrogens is 314 g/mol. The van der Waals surface area contributed by atoms with Crippen LogP contribution in [0.15, 0.2) is 0 Å². The fraction of sp³-hybridized carbons (Fsp3) is 0.941. The summed E-state index contributed by atoms with van der Waals surface area (Å²) < 4.78 is 26.5. The summed E-state index contributed by atoms with van der Waals surface area (Å²) in [5, 5.41) is 2.89. The summed E-state index contributed by atoms with van der Waals surface area (Å²) in [6, 6.07) is 0. The first-order valence-corrected chi connectivity index (χ1v) is 9.03. The van der Waals surface area contributed by atoms with E-state index in [1.807, 2.05) is 0 Å². The van der Waals surface area contributed by atoms with Gasteiger partial charge in [-0.1, -0.05) is 0 Å². The first-order valence-electron chi connectivity index (χ1n) is 9.03. The number of unbranched alkanes of at least 4 members (excludes halogenated alkanes) is 2. The lowest BCUT2D eigenvalue weighted by Crippen LogP contribution is -2.35. The predicted octanol–water partition coefficient (Wildman–Crippen LogP) is 0.899. The van der Waals surface area contributed by atoms with E-state index in [-0.39, 0.29) is 5.91 Å². The van der Waals surface area contributed by atoms with Crippen LogP contribution in [0.5, 0.6) is 0 Å². The lowest BCUT2D eigenvalue weighted by Gasteiger charge is -2.13. The van der Waals surface area contributed by atoms with Gasteiger partial charge in [0.1, 0.15) is 18.3 Å². The van der Waals surface area contributed by atoms with E-state index >= 15 is 0 Å². The molecule has 0 aromatic rings. The van der Waals surface area contributed by atoms with Crippen molar-refractivity contribution < 1.29 is 28.5 Å². The average Bonchev–Trinajstić information content (AvgIpc) is 3.46. The molecule has 0 aromatic carbocycles. The van der Waals surface area contributed by atoms with Crippen molar-refractivity contribution in [1.82, 2.24) is 5.32 Å². The van der Waals surface area contributed by atoms with E-state index < -0.39 is 6.10 Å². The van der Waals surface area contributed by atoms with Crippen LogP contribution in [0.3, 0.4) is 0 Å². The number of rotatable bonds is 16. The third kappa shape index (κ3) is 10.2. The van der Waals surface area contributed by atoms with Crippen molar-refractivity contribution in [2.24, 2.45) is 0 Å². The Morgan fingerprint density at radius 3 is 2.12 bits per heavy atom. The maximum absolute atomic E-state index is 11.9. The standard InChI is InChI=1S/C17H31NO6/c1-14(22-9-5-4-8-21-11-16-13-24-16)17(19)18-6-2-3-7-20-10-15-12-23-15/h14-16H,2-13H2,1H3,(H,18,19). The fourth-order valence-corrected chi connectivity index (χ4v) is 2.08. The minimum atomic E-state index is -0.408. The van der Waals surface area contributed by atoms with Crippen molar-refractivity contribution >= 4 is 5.91 Å². The van der Waals surface area contributed by atoms with Gasteiger partial charge in [-0.3, -0.25) is 4.79 Å². The lowest BCUT2D eigenvalue weighted by atomic mass is 10.3. The van der Waals surface area contributed by atoms with E-state index in [1.54, 1.807) is 6.92 Å². The summed E-state index contributed by atoms with van der Waals surface area (Å²) in [4.78, 5) is 11.9. The third-order valence-corrected chi connectivity index (χ3v) is 3.85. The topological polar surface area (TPSA) is 81.9 Å². The van der Waals surface area contributed by atoms with Crippen molar-refractivity contribution in [1.29, 1.82) is 0 Å². The van der Waals surface area contributed by atoms with Crippen LogP contribution in [0.2, 0.25) is 0 Å². The van der Waals surface area contributed by atoms with Crippen LogP contribution in [-0.2, 0) is 28.5 Å². The van der Waals surface area contributed by atoms with Crippen molar-refractivity contribution in [3.63, 3.8) is 0 Å². The zero-order valence-corrected chi connectivity index (χ0v) is 14.7. The van der Waals surface area contributed by atoms with E-state index in [0.717, 1.165) is 52.1 Å². The molecule has 0 aromatic heterocycles. The van der Waals surface area contributed by atoms with Gasteiger partial charge in [-0.15, -0.1) is 0 Å². The fourth-order valence-electron chi connectivity index (χ4n) is 2.08. The van der Waals surface area contributed by atoms with Gasteiger partial charge in [-0.05, 0) is 32.6 Å². The molecule has 0 bridgehead atoms. The number of hydrogen-bond acceptors (Lipinski definition) is 6. The normalized spacial score (nSPS) is 23.0. The van der Waals surface area contributed by atoms with Gasteiger partial charge in [0.2, 0.25) is 5.91 Å². The van der Waals surface area contributed by atoms with E-state index in [2.05, 4.69) is 5.32 Å². The molecule has 7 heteroatoms. The van der Waals surface area contributed by atoms with Crippen molar-refractivity contribution in [3.05, 3.63) is 0 Å². The molecular formula is C17H31NO6. The van der Waals surface area contributed by atoms with Crippen LogP contribution < -0.4 is 5.32 Å². The third-order valence-electron chi connectivity index (χ3n) is 3.85. The molecule has 2 fully saturated rings. The molecule has 0 aliphatic carbocycles. The van der Waals surface area contributed by atoms with Crippen LogP contribution >= 0.6 is 0 Å². The molecule has 7 nitrogen and oxygen atoms in total. The zero-order chi connectivity index (χ0) is 17.0. The van der Waals surface area contributed by atoms with Crippen LogP contribution in [0.1, 0.15) is 32.6 Å². The highest BCUT2D eigenvalue weighted by Crippen LogP contribution is 2.09. The molecule has 0 radical (unpaired) electrons. The van der Waals surface area contributed by atoms with Gasteiger partial charge in [-0.25, -0.2) is 0 Å². The largest absolute Gasteiger partial charge is 0.379 e. The van der Waals surface area contributed by atoms with Crippen molar-refractivity contribution in [3.8, 4) is 0 Å². The number of carbonyl (C=O) groups is 1. The van der Waals surface area contributed by atoms with Gasteiger partial charge in [0, 0.05) is 26.4 Å². The Labute approximate surface area is 144 Å². The minimum Gasteiger partial charge on any atom is -0.379 e. The second-order valence-corrected chi connectivity index (χ2v) is 6.28. The second-order valence-electron chi connectivity index (χ2n) is 6.28. The number of amides is 1. The molecule has 1 amide bonds. The summed E-state index contributed by atoms with van der Waals surface area (Å²) in [6.07, 6.45) is 3.91. The van der Waals surface area contributed by atoms with Crippen molar-refractivity contribution in [2.45, 2.75) is 50.9 Å². The molecule has 1 N–H and O–H groups in total. The average molecular weight is 345 g/mol. The Balaban J connectivity index is 1.30. The quantitative estimate of drug-likeness (QED) is 0.331. The molecule has 24 heavy (non-hydrogen) atoms. The number of nitrogens with one attached hydrogen (secondary N) is 1. The van der Waals surface area contributed by atoms with Gasteiger partial charge in [0.25, 0.3) is 0 Å². The molecule has 3 unspecified atom stereocenters. The highest BCUT2D eigenvalue weighted by molar-refractivity contribution is 5.80. The van der Waals surface area contributed by atoms with Gasteiger partial charge in [-0.2, -0.15) is 0 Å². The highest BCUT2D eigenvalue weighted by atomic mass is 16.6. The van der Waals surface area contributed by atoms with Crippen LogP contribution in [0.4, 0.5) is 0 Å². The molecule has 2 saturated heterocycles. The SMILES string of the molecule is CC(OCCCCOCC1CO1)C(=O)NCCCCOCC1CO1. The number of epoxide rings is 2. The van der Waals surface area contributed by atoms with Gasteiger partial charge >= 0.3 is 0 Å². The first kappa shape index (κ1) is 19.6. The summed E-state index contributed by atoms with van der Waals surface area (Å²) in [5.41, 5.74) is 0. The lowest BCUT2D eigenvalue weighted by molar-refractivity contribution is -0.131. The number of carbonyl (C=O) groups excluding carboxylic acids is 1. The van der Waals surface area contributed by atoms with E-state index in [0.29, 0.717) is 38.6 Å². The van der Waals surface area contributed by atoms with Crippen LogP contribution in [0, 0.1) is 0 Å². The number of ether oxygens (including phenoxy) is 5. The molecule has 140 valence electrons. The number of hydrogen-bond donors (Lipinski definition) is 1. The minimum absolute atomic E-state index is 0.0515. The summed E-state index contributed by atoms with van der Waals surface area (Å²) in [7, 11) is 0. The molecule has 2 aliphatic heterocycles. The molecule has 2 heterocycles. The zero-order valence-electron chi connectivity index (χ0n) is 14.7. The van der Waals surface area contributed by atoms with E-state index in [1.165, 1.54) is 0 Å². The van der Waals surface area contributed by atoms with Gasteiger partial charge in [0.15, 0.2) is 0 Å². The van der Waals surface area contributed by atoms with Gasteiger partial charge in [0.05, 0.1) is 26.4 Å². The molecule has 2 aliphatic rings. The first-order chi connectivity index (χ1) is 11.8. The monoisotopic (exact) mass is 345 g/mol. The molecule has 3 atom stereocenters. The van der Waals surface area contributed by atoms with E-state index in [9.17, 15) is 4.79 Å². The second kappa shape index (κ2) is 11.8. The Bertz CT molecular complexity index is 346. The molecule has 2 rings (SSSR count). The highest BCUT2D eigenvalue weighted by Gasteiger charge is 2.22. The summed E-state index contributed by atoms with van der Waals surface area (Å²) >= 11 is 0. The molecule has 0 saturated carbocycles. The van der Waals surface area contributed by atoms with Gasteiger partial charge < -0.3 is 29.0 Å².